The zero-order chi connectivity index (χ0) is 14.0. The second-order valence-corrected chi connectivity index (χ2v) is 4.06. The summed E-state index contributed by atoms with van der Waals surface area (Å²) in [7, 11) is 0. The molecule has 0 aliphatic rings. The van der Waals surface area contributed by atoms with Crippen molar-refractivity contribution in [3.05, 3.63) is 57.3 Å². The summed E-state index contributed by atoms with van der Waals surface area (Å²) in [5.74, 6) is -1.23. The minimum Gasteiger partial charge on any atom is -0.478 e. The predicted octanol–water partition coefficient (Wildman–Crippen LogP) is 1.85. The van der Waals surface area contributed by atoms with Crippen molar-refractivity contribution in [3.63, 3.8) is 0 Å². The van der Waals surface area contributed by atoms with Crippen LogP contribution in [0.3, 0.4) is 0 Å². The molecule has 7 nitrogen and oxygen atoms in total. The average Bonchev–Trinajstić information content (AvgIpc) is 2.71. The summed E-state index contributed by atoms with van der Waals surface area (Å²) in [6, 6.07) is 7.77. The van der Waals surface area contributed by atoms with Gasteiger partial charge in [0.1, 0.15) is 0 Å². The van der Waals surface area contributed by atoms with Crippen LogP contribution >= 0.6 is 0 Å². The van der Waals surface area contributed by atoms with Crippen LogP contribution in [-0.4, -0.2) is 25.8 Å². The van der Waals surface area contributed by atoms with Gasteiger partial charge in [0.25, 0.3) is 0 Å². The molecule has 0 atom stereocenters. The van der Waals surface area contributed by atoms with Crippen LogP contribution in [0.15, 0.2) is 30.3 Å². The lowest BCUT2D eigenvalue weighted by molar-refractivity contribution is -0.389. The number of aryl methyl sites for hydroxylation is 1. The molecular formula is C12H11N3O4. The molecule has 0 aliphatic carbocycles. The number of aromatic carboxylic acids is 1. The standard InChI is InChI=1S/C12H11N3O4/c1-8-5-11(15(18)19)13-14(8)7-9-3-2-4-10(6-9)12(16)17/h2-6H,7H2,1H3,(H,16,17). The predicted molar refractivity (Wildman–Crippen MR) is 66.1 cm³/mol. The highest BCUT2D eigenvalue weighted by Gasteiger charge is 2.15. The average molecular weight is 261 g/mol. The largest absolute Gasteiger partial charge is 0.478 e. The van der Waals surface area contributed by atoms with Crippen molar-refractivity contribution in [1.29, 1.82) is 0 Å². The lowest BCUT2D eigenvalue weighted by Crippen LogP contribution is -2.05. The summed E-state index contributed by atoms with van der Waals surface area (Å²) in [6.45, 7) is 2.00. The van der Waals surface area contributed by atoms with Crippen LogP contribution in [0.4, 0.5) is 5.82 Å². The van der Waals surface area contributed by atoms with E-state index < -0.39 is 10.9 Å². The highest BCUT2D eigenvalue weighted by atomic mass is 16.6. The second-order valence-electron chi connectivity index (χ2n) is 4.06. The Kier molecular flexibility index (Phi) is 3.28. The van der Waals surface area contributed by atoms with Crippen molar-refractivity contribution in [1.82, 2.24) is 9.78 Å². The Bertz CT molecular complexity index is 648. The fourth-order valence-corrected chi connectivity index (χ4v) is 1.72. The Morgan fingerprint density at radius 1 is 1.47 bits per heavy atom. The maximum Gasteiger partial charge on any atom is 0.390 e. The monoisotopic (exact) mass is 261 g/mol. The van der Waals surface area contributed by atoms with E-state index in [0.717, 1.165) is 5.56 Å². The Hall–Kier alpha value is -2.70. The number of hydrogen-bond acceptors (Lipinski definition) is 4. The van der Waals surface area contributed by atoms with Gasteiger partial charge >= 0.3 is 11.8 Å². The minimum absolute atomic E-state index is 0.178. The van der Waals surface area contributed by atoms with Crippen LogP contribution in [-0.2, 0) is 6.54 Å². The molecule has 0 spiro atoms. The molecule has 0 saturated carbocycles. The van der Waals surface area contributed by atoms with Crippen LogP contribution in [0.2, 0.25) is 0 Å². The number of aromatic nitrogens is 2. The molecule has 2 aromatic rings. The number of carboxylic acid groups (broad SMARTS) is 1. The SMILES string of the molecule is Cc1cc([N+](=O)[O-])nn1Cc1cccc(C(=O)O)c1. The van der Waals surface area contributed by atoms with Crippen molar-refractivity contribution in [2.75, 3.05) is 0 Å². The molecule has 1 heterocycles. The second kappa shape index (κ2) is 4.89. The molecule has 0 radical (unpaired) electrons. The molecule has 0 aliphatic heterocycles. The van der Waals surface area contributed by atoms with Crippen molar-refractivity contribution in [3.8, 4) is 0 Å². The van der Waals surface area contributed by atoms with E-state index in [1.54, 1.807) is 19.1 Å². The number of rotatable bonds is 4. The molecule has 2 rings (SSSR count). The fraction of sp³-hybridized carbons (Fsp3) is 0.167. The number of nitrogens with zero attached hydrogens (tertiary/aromatic N) is 3. The third kappa shape index (κ3) is 2.76. The molecule has 7 heteroatoms. The molecule has 0 fully saturated rings. The molecule has 1 aromatic carbocycles. The van der Waals surface area contributed by atoms with Crippen molar-refractivity contribution in [2.45, 2.75) is 13.5 Å². The van der Waals surface area contributed by atoms with Gasteiger partial charge in [0.05, 0.1) is 29.0 Å². The number of hydrogen-bond donors (Lipinski definition) is 1. The van der Waals surface area contributed by atoms with E-state index >= 15 is 0 Å². The lowest BCUT2D eigenvalue weighted by Gasteiger charge is -2.02. The summed E-state index contributed by atoms with van der Waals surface area (Å²) in [4.78, 5) is 20.9. The van der Waals surface area contributed by atoms with Crippen LogP contribution in [0.5, 0.6) is 0 Å². The highest BCUT2D eigenvalue weighted by molar-refractivity contribution is 5.87. The number of nitro groups is 1. The van der Waals surface area contributed by atoms with Crippen molar-refractivity contribution in [2.24, 2.45) is 0 Å². The Morgan fingerprint density at radius 2 is 2.21 bits per heavy atom. The molecule has 0 saturated heterocycles. The topological polar surface area (TPSA) is 98.3 Å². The molecule has 1 aromatic heterocycles. The van der Waals surface area contributed by atoms with Crippen molar-refractivity contribution >= 4 is 11.8 Å². The van der Waals surface area contributed by atoms with E-state index in [4.69, 9.17) is 5.11 Å². The number of carbonyl (C=O) groups is 1. The van der Waals surface area contributed by atoms with Gasteiger partial charge in [0.15, 0.2) is 0 Å². The maximum atomic E-state index is 10.9. The molecule has 19 heavy (non-hydrogen) atoms. The molecule has 0 bridgehead atoms. The fourth-order valence-electron chi connectivity index (χ4n) is 1.72. The Morgan fingerprint density at radius 3 is 2.79 bits per heavy atom. The van der Waals surface area contributed by atoms with Gasteiger partial charge in [-0.2, -0.15) is 4.68 Å². The van der Waals surface area contributed by atoms with E-state index in [9.17, 15) is 14.9 Å². The van der Waals surface area contributed by atoms with Gasteiger partial charge in [-0.1, -0.05) is 12.1 Å². The number of benzene rings is 1. The summed E-state index contributed by atoms with van der Waals surface area (Å²) < 4.78 is 1.47. The third-order valence-corrected chi connectivity index (χ3v) is 2.66. The molecule has 1 N–H and O–H groups in total. The first-order valence-electron chi connectivity index (χ1n) is 5.48. The first-order valence-corrected chi connectivity index (χ1v) is 5.48. The summed E-state index contributed by atoms with van der Waals surface area (Å²) in [6.07, 6.45) is 0. The van der Waals surface area contributed by atoms with E-state index in [1.807, 2.05) is 0 Å². The van der Waals surface area contributed by atoms with Gasteiger partial charge in [-0.3, -0.25) is 0 Å². The van der Waals surface area contributed by atoms with Crippen LogP contribution in [0.1, 0.15) is 21.6 Å². The molecule has 0 amide bonds. The summed E-state index contributed by atoms with van der Waals surface area (Å²) in [5, 5.41) is 23.4. The van der Waals surface area contributed by atoms with E-state index in [-0.39, 0.29) is 11.4 Å². The maximum absolute atomic E-state index is 10.9. The molecule has 0 unspecified atom stereocenters. The first kappa shape index (κ1) is 12.7. The van der Waals surface area contributed by atoms with E-state index in [2.05, 4.69) is 5.10 Å². The van der Waals surface area contributed by atoms with Gasteiger partial charge in [-0.15, -0.1) is 0 Å². The zero-order valence-electron chi connectivity index (χ0n) is 10.1. The van der Waals surface area contributed by atoms with Gasteiger partial charge in [0, 0.05) is 0 Å². The third-order valence-electron chi connectivity index (χ3n) is 2.66. The van der Waals surface area contributed by atoms with E-state index in [0.29, 0.717) is 12.2 Å². The molecular weight excluding hydrogens is 250 g/mol. The van der Waals surface area contributed by atoms with Gasteiger partial charge < -0.3 is 15.2 Å². The van der Waals surface area contributed by atoms with Gasteiger partial charge in [-0.25, -0.2) is 4.79 Å². The molecule has 98 valence electrons. The summed E-state index contributed by atoms with van der Waals surface area (Å²) >= 11 is 0. The van der Waals surface area contributed by atoms with Crippen LogP contribution in [0, 0.1) is 17.0 Å². The Labute approximate surface area is 108 Å². The smallest absolute Gasteiger partial charge is 0.390 e. The van der Waals surface area contributed by atoms with Gasteiger partial charge in [0.2, 0.25) is 0 Å². The number of carboxylic acids is 1. The van der Waals surface area contributed by atoms with Crippen LogP contribution < -0.4 is 0 Å². The lowest BCUT2D eigenvalue weighted by atomic mass is 10.1. The quantitative estimate of drug-likeness (QED) is 0.668. The van der Waals surface area contributed by atoms with Gasteiger partial charge in [-0.05, 0) is 29.5 Å². The Balaban J connectivity index is 2.28. The minimum atomic E-state index is -1.01. The van der Waals surface area contributed by atoms with E-state index in [1.165, 1.54) is 22.9 Å². The zero-order valence-corrected chi connectivity index (χ0v) is 10.1. The first-order chi connectivity index (χ1) is 8.97. The summed E-state index contributed by atoms with van der Waals surface area (Å²) in [5.41, 5.74) is 1.55. The van der Waals surface area contributed by atoms with Crippen molar-refractivity contribution < 1.29 is 14.8 Å². The normalized spacial score (nSPS) is 10.4. The highest BCUT2D eigenvalue weighted by Crippen LogP contribution is 2.14. The van der Waals surface area contributed by atoms with Crippen LogP contribution in [0.25, 0.3) is 0 Å².